The fourth-order valence-corrected chi connectivity index (χ4v) is 9.55. The highest BCUT2D eigenvalue weighted by Crippen LogP contribution is 2.18. The minimum Gasteiger partial charge on any atom is -0.462 e. The summed E-state index contributed by atoms with van der Waals surface area (Å²) in [6.45, 7) is 4.06. The Kier molecular flexibility index (Phi) is 60.8. The average molecular weight is 1010 g/mol. The third-order valence-corrected chi connectivity index (χ3v) is 14.3. The van der Waals surface area contributed by atoms with E-state index in [1.807, 2.05) is 0 Å². The predicted molar refractivity (Wildman–Crippen MR) is 316 cm³/mol. The lowest BCUT2D eigenvalue weighted by molar-refractivity contribution is -0.161. The van der Waals surface area contributed by atoms with E-state index in [1.54, 1.807) is 0 Å². The SMILES string of the molecule is CC/C=C\C/C=C\C/C=C\C/C=C\CCCCCCCCCCCCCCCCCCCCCCCCCCCCC(=O)OC(CO)COC(=O)CCCCCCCCCCC/C=C\CCCCCCCC. The summed E-state index contributed by atoms with van der Waals surface area (Å²) in [4.78, 5) is 24.5. The number of unbranched alkanes of at least 4 members (excludes halogenated alkanes) is 41. The number of aliphatic hydroxyl groups excluding tert-OH is 1. The molecule has 0 radical (unpaired) electrons. The van der Waals surface area contributed by atoms with Crippen LogP contribution in [0.5, 0.6) is 0 Å². The Balaban J connectivity index is 3.39. The summed E-state index contributed by atoms with van der Waals surface area (Å²) in [6.07, 6.45) is 85.2. The number of hydrogen-bond donors (Lipinski definition) is 1. The van der Waals surface area contributed by atoms with Crippen molar-refractivity contribution in [2.24, 2.45) is 0 Å². The molecule has 5 nitrogen and oxygen atoms in total. The van der Waals surface area contributed by atoms with Crippen LogP contribution in [0.25, 0.3) is 0 Å². The van der Waals surface area contributed by atoms with E-state index in [0.29, 0.717) is 12.8 Å². The number of hydrogen-bond acceptors (Lipinski definition) is 5. The molecule has 1 unspecified atom stereocenters. The first kappa shape index (κ1) is 69.6. The molecule has 0 saturated carbocycles. The highest BCUT2D eigenvalue weighted by atomic mass is 16.6. The van der Waals surface area contributed by atoms with Gasteiger partial charge in [-0.3, -0.25) is 9.59 Å². The molecule has 0 rings (SSSR count). The second-order valence-corrected chi connectivity index (χ2v) is 21.5. The van der Waals surface area contributed by atoms with Crippen LogP contribution in [0.4, 0.5) is 0 Å². The maximum Gasteiger partial charge on any atom is 0.306 e. The molecular formula is C67H122O5. The molecule has 0 amide bonds. The van der Waals surface area contributed by atoms with E-state index in [2.05, 4.69) is 74.6 Å². The molecular weight excluding hydrogens is 885 g/mol. The monoisotopic (exact) mass is 1010 g/mol. The zero-order valence-electron chi connectivity index (χ0n) is 48.2. The second kappa shape index (κ2) is 62.9. The van der Waals surface area contributed by atoms with E-state index in [1.165, 1.54) is 244 Å². The van der Waals surface area contributed by atoms with Crippen molar-refractivity contribution in [3.8, 4) is 0 Å². The molecule has 72 heavy (non-hydrogen) atoms. The van der Waals surface area contributed by atoms with Crippen molar-refractivity contribution >= 4 is 11.9 Å². The fourth-order valence-electron chi connectivity index (χ4n) is 9.55. The molecule has 0 heterocycles. The van der Waals surface area contributed by atoms with Gasteiger partial charge < -0.3 is 14.6 Å². The molecule has 0 aromatic carbocycles. The van der Waals surface area contributed by atoms with Gasteiger partial charge in [-0.05, 0) is 77.0 Å². The minimum absolute atomic E-state index is 0.0626. The van der Waals surface area contributed by atoms with Gasteiger partial charge in [0, 0.05) is 12.8 Å². The molecule has 420 valence electrons. The summed E-state index contributed by atoms with van der Waals surface area (Å²) in [5.41, 5.74) is 0. The van der Waals surface area contributed by atoms with Gasteiger partial charge in [0.15, 0.2) is 6.10 Å². The Morgan fingerprint density at radius 2 is 0.597 bits per heavy atom. The number of rotatable bonds is 59. The number of ether oxygens (including phenoxy) is 2. The third-order valence-electron chi connectivity index (χ3n) is 14.3. The summed E-state index contributed by atoms with van der Waals surface area (Å²) < 4.78 is 10.7. The molecule has 0 aliphatic carbocycles. The molecule has 0 aliphatic heterocycles. The van der Waals surface area contributed by atoms with Crippen molar-refractivity contribution < 1.29 is 24.2 Å². The van der Waals surface area contributed by atoms with Crippen LogP contribution in [-0.4, -0.2) is 36.4 Å². The molecule has 0 bridgehead atoms. The second-order valence-electron chi connectivity index (χ2n) is 21.5. The third kappa shape index (κ3) is 60.2. The lowest BCUT2D eigenvalue weighted by atomic mass is 10.0. The quantitative estimate of drug-likeness (QED) is 0.0373. The van der Waals surface area contributed by atoms with Crippen LogP contribution in [0, 0.1) is 0 Å². The van der Waals surface area contributed by atoms with Crippen LogP contribution in [0.2, 0.25) is 0 Å². The van der Waals surface area contributed by atoms with Crippen LogP contribution in [0.1, 0.15) is 335 Å². The largest absolute Gasteiger partial charge is 0.462 e. The van der Waals surface area contributed by atoms with Gasteiger partial charge in [0.2, 0.25) is 0 Å². The van der Waals surface area contributed by atoms with Gasteiger partial charge in [0.05, 0.1) is 6.61 Å². The molecule has 0 aliphatic rings. The molecule has 0 saturated heterocycles. The highest BCUT2D eigenvalue weighted by Gasteiger charge is 2.16. The van der Waals surface area contributed by atoms with Crippen LogP contribution < -0.4 is 0 Å². The van der Waals surface area contributed by atoms with E-state index in [-0.39, 0.29) is 25.2 Å². The van der Waals surface area contributed by atoms with Crippen LogP contribution >= 0.6 is 0 Å². The highest BCUT2D eigenvalue weighted by molar-refractivity contribution is 5.70. The van der Waals surface area contributed by atoms with E-state index in [4.69, 9.17) is 9.47 Å². The smallest absolute Gasteiger partial charge is 0.306 e. The zero-order chi connectivity index (χ0) is 52.0. The van der Waals surface area contributed by atoms with Crippen molar-refractivity contribution in [2.45, 2.75) is 341 Å². The number of allylic oxidation sites excluding steroid dienone is 10. The van der Waals surface area contributed by atoms with Gasteiger partial charge in [-0.1, -0.05) is 306 Å². The first-order valence-corrected chi connectivity index (χ1v) is 31.8. The average Bonchev–Trinajstić information content (AvgIpc) is 3.38. The summed E-state index contributed by atoms with van der Waals surface area (Å²) in [5.74, 6) is -0.575. The van der Waals surface area contributed by atoms with Gasteiger partial charge in [-0.25, -0.2) is 0 Å². The Bertz CT molecular complexity index is 1230. The number of aliphatic hydroxyl groups is 1. The standard InChI is InChI=1S/C67H122O5/c1-3-5-7-9-11-13-15-17-19-21-23-24-25-26-27-28-29-30-31-32-33-34-35-36-37-38-39-40-41-42-44-46-48-50-52-54-56-58-60-62-67(70)72-65(63-68)64-71-66(69)61-59-57-55-53-51-49-47-45-43-22-20-18-16-14-12-10-8-6-4-2/h5,7,11,13,17-20,23-24,65,68H,3-4,6,8-10,12,14-16,21-22,25-64H2,1-2H3/b7-5-,13-11-,19-17-,20-18-,24-23-. The Morgan fingerprint density at radius 1 is 0.333 bits per heavy atom. The van der Waals surface area contributed by atoms with Crippen LogP contribution in [0.15, 0.2) is 60.8 Å². The van der Waals surface area contributed by atoms with E-state index < -0.39 is 6.10 Å². The normalized spacial score (nSPS) is 12.5. The van der Waals surface area contributed by atoms with Gasteiger partial charge >= 0.3 is 11.9 Å². The van der Waals surface area contributed by atoms with Crippen molar-refractivity contribution in [1.82, 2.24) is 0 Å². The Hall–Kier alpha value is -2.40. The summed E-state index contributed by atoms with van der Waals surface area (Å²) in [6, 6.07) is 0. The van der Waals surface area contributed by atoms with Gasteiger partial charge in [0.25, 0.3) is 0 Å². The summed E-state index contributed by atoms with van der Waals surface area (Å²) >= 11 is 0. The minimum atomic E-state index is -0.771. The van der Waals surface area contributed by atoms with Crippen molar-refractivity contribution in [2.75, 3.05) is 13.2 Å². The topological polar surface area (TPSA) is 72.8 Å². The molecule has 0 spiro atoms. The van der Waals surface area contributed by atoms with Crippen molar-refractivity contribution in [1.29, 1.82) is 0 Å². The first-order chi connectivity index (χ1) is 35.6. The van der Waals surface area contributed by atoms with Gasteiger partial charge in [-0.2, -0.15) is 0 Å². The summed E-state index contributed by atoms with van der Waals surface area (Å²) in [7, 11) is 0. The first-order valence-electron chi connectivity index (χ1n) is 31.8. The van der Waals surface area contributed by atoms with Crippen molar-refractivity contribution in [3.63, 3.8) is 0 Å². The number of esters is 2. The predicted octanol–water partition coefficient (Wildman–Crippen LogP) is 21.8. The molecule has 1 atom stereocenters. The molecule has 1 N–H and O–H groups in total. The molecule has 0 aromatic rings. The van der Waals surface area contributed by atoms with E-state index in [0.717, 1.165) is 64.2 Å². The van der Waals surface area contributed by atoms with Crippen LogP contribution in [-0.2, 0) is 19.1 Å². The van der Waals surface area contributed by atoms with Gasteiger partial charge in [0.1, 0.15) is 6.61 Å². The summed E-state index contributed by atoms with van der Waals surface area (Å²) in [5, 5.41) is 9.67. The van der Waals surface area contributed by atoms with Crippen LogP contribution in [0.3, 0.4) is 0 Å². The lowest BCUT2D eigenvalue weighted by Gasteiger charge is -2.15. The maximum absolute atomic E-state index is 12.3. The molecule has 0 aromatic heterocycles. The number of carbonyl (C=O) groups excluding carboxylic acids is 2. The molecule has 5 heteroatoms. The van der Waals surface area contributed by atoms with E-state index in [9.17, 15) is 14.7 Å². The Labute approximate surface area is 449 Å². The zero-order valence-corrected chi connectivity index (χ0v) is 48.2. The lowest BCUT2D eigenvalue weighted by Crippen LogP contribution is -2.28. The molecule has 0 fully saturated rings. The van der Waals surface area contributed by atoms with E-state index >= 15 is 0 Å². The van der Waals surface area contributed by atoms with Crippen molar-refractivity contribution in [3.05, 3.63) is 60.8 Å². The fraction of sp³-hybridized carbons (Fsp3) is 0.821. The van der Waals surface area contributed by atoms with Gasteiger partial charge in [-0.15, -0.1) is 0 Å². The maximum atomic E-state index is 12.3. The Morgan fingerprint density at radius 3 is 0.917 bits per heavy atom. The number of carbonyl (C=O) groups is 2.